The number of hydrogen-bond donors (Lipinski definition) is 1. The topological polar surface area (TPSA) is 43.1 Å². The van der Waals surface area contributed by atoms with Crippen molar-refractivity contribution in [2.45, 2.75) is 32.5 Å². The zero-order valence-electron chi connectivity index (χ0n) is 16.7. The van der Waals surface area contributed by atoms with Crippen LogP contribution in [-0.2, 0) is 11.2 Å². The molecule has 18 heavy (non-hydrogen) atoms. The van der Waals surface area contributed by atoms with E-state index in [1.807, 2.05) is 0 Å². The normalized spacial score (nSPS) is 40.0. The molecule has 0 aromatic heterocycles. The minimum atomic E-state index is -3.16. The Balaban J connectivity index is 2.44. The molecule has 0 bridgehead atoms. The summed E-state index contributed by atoms with van der Waals surface area (Å²) < 4.78 is 57.5. The van der Waals surface area contributed by atoms with Gasteiger partial charge in [-0.1, -0.05) is 17.7 Å². The van der Waals surface area contributed by atoms with Gasteiger partial charge in [0, 0.05) is 14.6 Å². The van der Waals surface area contributed by atoms with Gasteiger partial charge in [0.25, 0.3) is 0 Å². The van der Waals surface area contributed by atoms with Crippen LogP contribution < -0.4 is 5.73 Å². The largest absolute Gasteiger partial charge is 0.369 e. The van der Waals surface area contributed by atoms with Gasteiger partial charge < -0.3 is 5.73 Å². The molecule has 2 aliphatic carbocycles. The molecule has 94 valence electrons. The van der Waals surface area contributed by atoms with Gasteiger partial charge in [-0.15, -0.1) is 0 Å². The van der Waals surface area contributed by atoms with Crippen molar-refractivity contribution in [1.82, 2.24) is 0 Å². The minimum absolute atomic E-state index is 0.0514. The molecule has 2 aliphatic rings. The number of primary amides is 1. The smallest absolute Gasteiger partial charge is 0.224 e. The standard InChI is InChI=1S/C15H16ClNO/c1-8-5-9-6-13-10(12(9)7-14(8)16)3-2-4-11(13)15(17)18/h5,7,11H,2-4,6H2,1H3,(H2,17,18)/i2D2,3D2,4D2,11D. The second-order valence-electron chi connectivity index (χ2n) is 4.40. The molecule has 0 saturated carbocycles. The summed E-state index contributed by atoms with van der Waals surface area (Å²) in [5, 5.41) is 0.340. The fourth-order valence-electron chi connectivity index (χ4n) is 2.36. The Labute approximate surface area is 122 Å². The molecule has 2 nitrogen and oxygen atoms in total. The zero-order chi connectivity index (χ0) is 19.2. The first-order valence-electron chi connectivity index (χ1n) is 9.04. The Morgan fingerprint density at radius 1 is 1.61 bits per heavy atom. The van der Waals surface area contributed by atoms with E-state index in [1.165, 1.54) is 6.07 Å². The van der Waals surface area contributed by atoms with Crippen LogP contribution in [0.2, 0.25) is 5.02 Å². The van der Waals surface area contributed by atoms with E-state index in [0.29, 0.717) is 21.7 Å². The van der Waals surface area contributed by atoms with Crippen LogP contribution >= 0.6 is 11.6 Å². The highest BCUT2D eigenvalue weighted by Crippen LogP contribution is 2.45. The maximum Gasteiger partial charge on any atom is 0.224 e. The number of carbonyl (C=O) groups is 1. The predicted molar refractivity (Wildman–Crippen MR) is 73.3 cm³/mol. The summed E-state index contributed by atoms with van der Waals surface area (Å²) >= 11 is 6.13. The lowest BCUT2D eigenvalue weighted by Gasteiger charge is -2.22. The third kappa shape index (κ3) is 1.67. The van der Waals surface area contributed by atoms with Crippen molar-refractivity contribution < 1.29 is 14.4 Å². The molecule has 0 heterocycles. The molecule has 2 N–H and O–H groups in total. The van der Waals surface area contributed by atoms with Crippen molar-refractivity contribution in [1.29, 1.82) is 0 Å². The molecule has 1 aromatic carbocycles. The van der Waals surface area contributed by atoms with Crippen LogP contribution in [0.25, 0.3) is 5.57 Å². The summed E-state index contributed by atoms with van der Waals surface area (Å²) in [5.41, 5.74) is 6.57. The third-order valence-corrected chi connectivity index (χ3v) is 3.65. The van der Waals surface area contributed by atoms with Crippen LogP contribution in [-0.4, -0.2) is 5.91 Å². The highest BCUT2D eigenvalue weighted by Gasteiger charge is 2.33. The Bertz CT molecular complexity index is 849. The molecule has 0 aliphatic heterocycles. The number of carbonyl (C=O) groups excluding carboxylic acids is 1. The summed E-state index contributed by atoms with van der Waals surface area (Å²) in [6.45, 7) is 1.75. The van der Waals surface area contributed by atoms with Crippen molar-refractivity contribution in [3.05, 3.63) is 39.4 Å². The van der Waals surface area contributed by atoms with Crippen LogP contribution in [0.4, 0.5) is 0 Å². The lowest BCUT2D eigenvalue weighted by atomic mass is 9.82. The van der Waals surface area contributed by atoms with Gasteiger partial charge >= 0.3 is 0 Å². The Kier molecular flexibility index (Phi) is 1.43. The van der Waals surface area contributed by atoms with Crippen LogP contribution in [0.1, 0.15) is 45.4 Å². The lowest BCUT2D eigenvalue weighted by Crippen LogP contribution is -2.27. The summed E-state index contributed by atoms with van der Waals surface area (Å²) in [7, 11) is 0. The highest BCUT2D eigenvalue weighted by molar-refractivity contribution is 6.31. The highest BCUT2D eigenvalue weighted by atomic mass is 35.5. The number of amides is 1. The maximum absolute atomic E-state index is 12.1. The number of hydrogen-bond acceptors (Lipinski definition) is 1. The molecule has 0 saturated heterocycles. The first-order valence-corrected chi connectivity index (χ1v) is 5.92. The van der Waals surface area contributed by atoms with E-state index < -0.39 is 30.9 Å². The molecular formula is C15H16ClNO. The van der Waals surface area contributed by atoms with E-state index in [1.54, 1.807) is 13.0 Å². The number of aryl methyl sites for hydroxylation is 1. The van der Waals surface area contributed by atoms with Crippen LogP contribution in [0.3, 0.4) is 0 Å². The molecule has 3 rings (SSSR count). The van der Waals surface area contributed by atoms with Crippen LogP contribution in [0, 0.1) is 12.8 Å². The van der Waals surface area contributed by atoms with Crippen molar-refractivity contribution in [3.63, 3.8) is 0 Å². The summed E-state index contributed by atoms with van der Waals surface area (Å²) in [4.78, 5) is 12.1. The van der Waals surface area contributed by atoms with E-state index >= 15 is 0 Å². The van der Waals surface area contributed by atoms with Gasteiger partial charge in [-0.3, -0.25) is 4.79 Å². The lowest BCUT2D eigenvalue weighted by molar-refractivity contribution is -0.121. The van der Waals surface area contributed by atoms with Crippen molar-refractivity contribution in [2.24, 2.45) is 11.6 Å². The number of nitrogens with two attached hydrogens (primary N) is 1. The molecule has 0 spiro atoms. The van der Waals surface area contributed by atoms with Gasteiger partial charge in [0.2, 0.25) is 5.91 Å². The van der Waals surface area contributed by atoms with Crippen LogP contribution in [0.5, 0.6) is 0 Å². The van der Waals surface area contributed by atoms with E-state index in [0.717, 1.165) is 0 Å². The van der Waals surface area contributed by atoms with Crippen molar-refractivity contribution in [2.75, 3.05) is 0 Å². The molecule has 1 amide bonds. The number of fused-ring (bicyclic) bond motifs is 2. The van der Waals surface area contributed by atoms with E-state index in [-0.39, 0.29) is 17.6 Å². The van der Waals surface area contributed by atoms with Gasteiger partial charge in [0.15, 0.2) is 0 Å². The molecule has 0 radical (unpaired) electrons. The quantitative estimate of drug-likeness (QED) is 0.835. The zero-order valence-corrected chi connectivity index (χ0v) is 10.5. The van der Waals surface area contributed by atoms with E-state index in [2.05, 4.69) is 0 Å². The van der Waals surface area contributed by atoms with Crippen LogP contribution in [0.15, 0.2) is 17.7 Å². The Morgan fingerprint density at radius 2 is 2.39 bits per heavy atom. The molecule has 1 unspecified atom stereocenters. The minimum Gasteiger partial charge on any atom is -0.369 e. The first kappa shape index (κ1) is 6.25. The molecule has 0 fully saturated rings. The number of rotatable bonds is 1. The fourth-order valence-corrected chi connectivity index (χ4v) is 2.52. The fraction of sp³-hybridized carbons (Fsp3) is 0.400. The molecule has 3 heteroatoms. The predicted octanol–water partition coefficient (Wildman–Crippen LogP) is 3.24. The third-order valence-electron chi connectivity index (χ3n) is 3.25. The van der Waals surface area contributed by atoms with E-state index in [4.69, 9.17) is 26.9 Å². The van der Waals surface area contributed by atoms with Gasteiger partial charge in [0.05, 0.1) is 5.89 Å². The van der Waals surface area contributed by atoms with Crippen molar-refractivity contribution >= 4 is 23.1 Å². The molecule has 1 aromatic rings. The Morgan fingerprint density at radius 3 is 3.11 bits per heavy atom. The first-order chi connectivity index (χ1) is 11.2. The van der Waals surface area contributed by atoms with E-state index in [9.17, 15) is 4.79 Å². The number of benzene rings is 1. The second kappa shape index (κ2) is 4.13. The number of halogens is 1. The summed E-state index contributed by atoms with van der Waals surface area (Å²) in [5.74, 6) is -4.07. The number of allylic oxidation sites excluding steroid dienone is 1. The Hall–Kier alpha value is -1.28. The summed E-state index contributed by atoms with van der Waals surface area (Å²) in [6.07, 6.45) is -9.14. The second-order valence-corrected chi connectivity index (χ2v) is 4.81. The molecule has 1 atom stereocenters. The SMILES string of the molecule is [2H]C1([2H])C2=C(Cc3cc(C)c(Cl)cc32)C([2H])(C(N)=O)C([2H])([2H])C1([2H])[2H]. The monoisotopic (exact) mass is 268 g/mol. The van der Waals surface area contributed by atoms with Gasteiger partial charge in [-0.2, -0.15) is 0 Å². The van der Waals surface area contributed by atoms with Gasteiger partial charge in [-0.05, 0) is 66.4 Å². The summed E-state index contributed by atoms with van der Waals surface area (Å²) in [6, 6.07) is 3.16. The average molecular weight is 269 g/mol. The molecular weight excluding hydrogens is 246 g/mol. The average Bonchev–Trinajstić information content (AvgIpc) is 2.84. The van der Waals surface area contributed by atoms with Crippen molar-refractivity contribution in [3.8, 4) is 0 Å². The maximum atomic E-state index is 12.1. The van der Waals surface area contributed by atoms with Gasteiger partial charge in [-0.25, -0.2) is 0 Å². The van der Waals surface area contributed by atoms with Gasteiger partial charge in [0.1, 0.15) is 0 Å².